The Bertz CT molecular complexity index is 680. The van der Waals surface area contributed by atoms with Gasteiger partial charge in [-0.25, -0.2) is 14.4 Å². The molecule has 0 aliphatic rings. The monoisotopic (exact) mass is 224 g/mol. The molecule has 1 aromatic heterocycles. The molecule has 3 rings (SSSR count). The van der Waals surface area contributed by atoms with E-state index in [0.717, 1.165) is 10.9 Å². The smallest absolute Gasteiger partial charge is 0.159 e. The van der Waals surface area contributed by atoms with E-state index < -0.39 is 0 Å². The van der Waals surface area contributed by atoms with Crippen LogP contribution in [0.15, 0.2) is 54.7 Å². The maximum atomic E-state index is 13.1. The normalized spacial score (nSPS) is 10.6. The molecular formula is C14H9FN2. The summed E-state index contributed by atoms with van der Waals surface area (Å²) in [5, 5.41) is 0.979. The van der Waals surface area contributed by atoms with Gasteiger partial charge in [-0.15, -0.1) is 0 Å². The third-order valence-electron chi connectivity index (χ3n) is 2.57. The molecule has 0 saturated heterocycles. The van der Waals surface area contributed by atoms with Crippen molar-refractivity contribution in [2.45, 2.75) is 0 Å². The summed E-state index contributed by atoms with van der Waals surface area (Å²) in [6.45, 7) is 0. The van der Waals surface area contributed by atoms with Gasteiger partial charge >= 0.3 is 0 Å². The summed E-state index contributed by atoms with van der Waals surface area (Å²) in [5.74, 6) is 0.266. The van der Waals surface area contributed by atoms with Crippen LogP contribution in [0.5, 0.6) is 0 Å². The molecule has 0 unspecified atom stereocenters. The van der Waals surface area contributed by atoms with E-state index in [-0.39, 0.29) is 5.82 Å². The highest BCUT2D eigenvalue weighted by Gasteiger charge is 2.03. The molecule has 0 aliphatic heterocycles. The lowest BCUT2D eigenvalue weighted by Crippen LogP contribution is -1.90. The zero-order chi connectivity index (χ0) is 11.7. The van der Waals surface area contributed by atoms with Crippen LogP contribution in [0.2, 0.25) is 0 Å². The molecule has 0 atom stereocenters. The molecule has 0 N–H and O–H groups in total. The van der Waals surface area contributed by atoms with Crippen molar-refractivity contribution in [1.29, 1.82) is 0 Å². The lowest BCUT2D eigenvalue weighted by molar-refractivity contribution is 0.628. The summed E-state index contributed by atoms with van der Waals surface area (Å²) < 4.78 is 13.1. The van der Waals surface area contributed by atoms with Crippen molar-refractivity contribution in [2.75, 3.05) is 0 Å². The molecule has 2 aromatic carbocycles. The Morgan fingerprint density at radius 2 is 1.82 bits per heavy atom. The van der Waals surface area contributed by atoms with Crippen molar-refractivity contribution in [1.82, 2.24) is 9.97 Å². The van der Waals surface area contributed by atoms with E-state index in [1.807, 2.05) is 24.3 Å². The quantitative estimate of drug-likeness (QED) is 0.632. The van der Waals surface area contributed by atoms with Crippen molar-refractivity contribution < 1.29 is 4.39 Å². The molecule has 0 fully saturated rings. The molecule has 0 radical (unpaired) electrons. The van der Waals surface area contributed by atoms with Crippen molar-refractivity contribution in [3.63, 3.8) is 0 Å². The second-order valence-corrected chi connectivity index (χ2v) is 3.76. The first-order valence-electron chi connectivity index (χ1n) is 5.31. The minimum absolute atomic E-state index is 0.278. The first-order valence-corrected chi connectivity index (χ1v) is 5.31. The van der Waals surface area contributed by atoms with Crippen LogP contribution < -0.4 is 0 Å². The number of hydrogen-bond acceptors (Lipinski definition) is 2. The van der Waals surface area contributed by atoms with Crippen molar-refractivity contribution >= 4 is 10.9 Å². The number of halogens is 1. The highest BCUT2D eigenvalue weighted by Crippen LogP contribution is 2.18. The molecule has 0 spiro atoms. The number of aromatic nitrogens is 2. The molecule has 0 aliphatic carbocycles. The van der Waals surface area contributed by atoms with E-state index in [4.69, 9.17) is 0 Å². The van der Waals surface area contributed by atoms with Crippen LogP contribution in [0.3, 0.4) is 0 Å². The van der Waals surface area contributed by atoms with Gasteiger partial charge in [0.15, 0.2) is 5.82 Å². The van der Waals surface area contributed by atoms with Gasteiger partial charge in [-0.2, -0.15) is 0 Å². The van der Waals surface area contributed by atoms with Crippen LogP contribution in [0.4, 0.5) is 4.39 Å². The predicted octanol–water partition coefficient (Wildman–Crippen LogP) is 3.44. The zero-order valence-corrected chi connectivity index (χ0v) is 8.97. The molecule has 17 heavy (non-hydrogen) atoms. The summed E-state index contributed by atoms with van der Waals surface area (Å²) in [6.07, 6.45) is 1.75. The van der Waals surface area contributed by atoms with Crippen molar-refractivity contribution in [3.8, 4) is 11.4 Å². The fourth-order valence-corrected chi connectivity index (χ4v) is 1.74. The highest BCUT2D eigenvalue weighted by molar-refractivity contribution is 5.79. The Hall–Kier alpha value is -2.29. The average molecular weight is 224 g/mol. The van der Waals surface area contributed by atoms with Gasteiger partial charge in [0, 0.05) is 17.1 Å². The largest absolute Gasteiger partial charge is 0.236 e. The number of nitrogens with zero attached hydrogens (tertiary/aromatic N) is 2. The van der Waals surface area contributed by atoms with Gasteiger partial charge in [-0.3, -0.25) is 0 Å². The van der Waals surface area contributed by atoms with Crippen molar-refractivity contribution in [2.24, 2.45) is 0 Å². The number of benzene rings is 2. The van der Waals surface area contributed by atoms with Crippen LogP contribution in [-0.4, -0.2) is 9.97 Å². The van der Waals surface area contributed by atoms with Crippen LogP contribution in [0, 0.1) is 5.82 Å². The molecule has 1 heterocycles. The van der Waals surface area contributed by atoms with E-state index in [0.29, 0.717) is 11.4 Å². The number of hydrogen-bond donors (Lipinski definition) is 0. The molecule has 3 heteroatoms. The maximum absolute atomic E-state index is 13.1. The Balaban J connectivity index is 2.18. The Labute approximate surface area is 97.8 Å². The van der Waals surface area contributed by atoms with Gasteiger partial charge < -0.3 is 0 Å². The maximum Gasteiger partial charge on any atom is 0.159 e. The Morgan fingerprint density at radius 3 is 2.71 bits per heavy atom. The van der Waals surface area contributed by atoms with Crippen LogP contribution in [0.25, 0.3) is 22.3 Å². The third kappa shape index (κ3) is 1.87. The van der Waals surface area contributed by atoms with Gasteiger partial charge in [0.2, 0.25) is 0 Å². The van der Waals surface area contributed by atoms with Crippen LogP contribution in [0.1, 0.15) is 0 Å². The number of para-hydroxylation sites is 1. The zero-order valence-electron chi connectivity index (χ0n) is 8.97. The minimum Gasteiger partial charge on any atom is -0.236 e. The van der Waals surface area contributed by atoms with E-state index >= 15 is 0 Å². The number of rotatable bonds is 1. The highest BCUT2D eigenvalue weighted by atomic mass is 19.1. The summed E-state index contributed by atoms with van der Waals surface area (Å²) in [5.41, 5.74) is 1.55. The van der Waals surface area contributed by atoms with Crippen LogP contribution in [-0.2, 0) is 0 Å². The first kappa shape index (κ1) is 9.90. The Kier molecular flexibility index (Phi) is 2.29. The molecule has 0 amide bonds. The van der Waals surface area contributed by atoms with Gasteiger partial charge in [0.05, 0.1) is 5.52 Å². The second kappa shape index (κ2) is 3.94. The lowest BCUT2D eigenvalue weighted by Gasteiger charge is -2.02. The minimum atomic E-state index is -0.278. The SMILES string of the molecule is Fc1cccc(-c2ncc3ccccc3n2)c1. The molecular weight excluding hydrogens is 215 g/mol. The fraction of sp³-hybridized carbons (Fsp3) is 0. The summed E-state index contributed by atoms with van der Waals surface area (Å²) >= 11 is 0. The van der Waals surface area contributed by atoms with Crippen molar-refractivity contribution in [3.05, 3.63) is 60.5 Å². The van der Waals surface area contributed by atoms with E-state index in [1.165, 1.54) is 12.1 Å². The topological polar surface area (TPSA) is 25.8 Å². The third-order valence-corrected chi connectivity index (χ3v) is 2.57. The molecule has 0 saturated carbocycles. The summed E-state index contributed by atoms with van der Waals surface area (Å²) in [4.78, 5) is 8.65. The van der Waals surface area contributed by atoms with Gasteiger partial charge in [-0.05, 0) is 18.2 Å². The van der Waals surface area contributed by atoms with Gasteiger partial charge in [-0.1, -0.05) is 30.3 Å². The average Bonchev–Trinajstić information content (AvgIpc) is 2.38. The second-order valence-electron chi connectivity index (χ2n) is 3.76. The molecule has 82 valence electrons. The van der Waals surface area contributed by atoms with E-state index in [2.05, 4.69) is 9.97 Å². The molecule has 3 aromatic rings. The standard InChI is InChI=1S/C14H9FN2/c15-12-6-3-5-10(8-12)14-16-9-11-4-1-2-7-13(11)17-14/h1-9H. The van der Waals surface area contributed by atoms with Crippen LogP contribution >= 0.6 is 0 Å². The van der Waals surface area contributed by atoms with Gasteiger partial charge in [0.1, 0.15) is 5.82 Å². The summed E-state index contributed by atoms with van der Waals surface area (Å²) in [6, 6.07) is 14.0. The first-order chi connectivity index (χ1) is 8.33. The molecule has 2 nitrogen and oxygen atoms in total. The lowest BCUT2D eigenvalue weighted by atomic mass is 10.2. The van der Waals surface area contributed by atoms with E-state index in [9.17, 15) is 4.39 Å². The molecule has 0 bridgehead atoms. The fourth-order valence-electron chi connectivity index (χ4n) is 1.74. The van der Waals surface area contributed by atoms with Gasteiger partial charge in [0.25, 0.3) is 0 Å². The number of fused-ring (bicyclic) bond motifs is 1. The Morgan fingerprint density at radius 1 is 0.941 bits per heavy atom. The summed E-state index contributed by atoms with van der Waals surface area (Å²) in [7, 11) is 0. The predicted molar refractivity (Wildman–Crippen MR) is 64.9 cm³/mol. The van der Waals surface area contributed by atoms with E-state index in [1.54, 1.807) is 18.3 Å².